The van der Waals surface area contributed by atoms with E-state index in [9.17, 15) is 18.0 Å². The van der Waals surface area contributed by atoms with E-state index in [1.807, 2.05) is 6.92 Å². The zero-order chi connectivity index (χ0) is 21.2. The average Bonchev–Trinajstić information content (AvgIpc) is 2.87. The van der Waals surface area contributed by atoms with Crippen LogP contribution in [0, 0.1) is 6.92 Å². The maximum atomic E-state index is 12.7. The lowest BCUT2D eigenvalue weighted by Gasteiger charge is -2.21. The SMILES string of the molecule is COC(=O)c1ccc(NC(=O)C2CCN(S(C)(=O)=O)c3cc(C)ccc3O2)cc1. The Morgan fingerprint density at radius 2 is 1.86 bits per heavy atom. The van der Waals surface area contributed by atoms with Crippen LogP contribution in [0.4, 0.5) is 11.4 Å². The van der Waals surface area contributed by atoms with Crippen LogP contribution in [-0.4, -0.2) is 46.3 Å². The highest BCUT2D eigenvalue weighted by Crippen LogP contribution is 2.35. The van der Waals surface area contributed by atoms with Crippen molar-refractivity contribution in [1.29, 1.82) is 0 Å². The average molecular weight is 418 g/mol. The second kappa shape index (κ2) is 8.12. The molecule has 1 aliphatic rings. The molecule has 29 heavy (non-hydrogen) atoms. The number of ether oxygens (including phenoxy) is 2. The Labute approximate surface area is 169 Å². The minimum Gasteiger partial charge on any atom is -0.478 e. The summed E-state index contributed by atoms with van der Waals surface area (Å²) in [6.45, 7) is 1.97. The molecule has 1 N–H and O–H groups in total. The van der Waals surface area contributed by atoms with Gasteiger partial charge in [0.15, 0.2) is 6.10 Å². The van der Waals surface area contributed by atoms with Crippen molar-refractivity contribution in [2.75, 3.05) is 29.5 Å². The molecule has 0 bridgehead atoms. The molecule has 0 saturated carbocycles. The van der Waals surface area contributed by atoms with Crippen molar-refractivity contribution in [3.63, 3.8) is 0 Å². The molecule has 0 fully saturated rings. The van der Waals surface area contributed by atoms with Gasteiger partial charge in [0.05, 0.1) is 24.6 Å². The topological polar surface area (TPSA) is 102 Å². The Morgan fingerprint density at radius 3 is 2.48 bits per heavy atom. The smallest absolute Gasteiger partial charge is 0.337 e. The maximum Gasteiger partial charge on any atom is 0.337 e. The number of anilines is 2. The third-order valence-corrected chi connectivity index (χ3v) is 5.69. The number of fused-ring (bicyclic) bond motifs is 1. The van der Waals surface area contributed by atoms with E-state index in [2.05, 4.69) is 10.1 Å². The number of amides is 1. The molecule has 0 spiro atoms. The van der Waals surface area contributed by atoms with Crippen LogP contribution in [0.3, 0.4) is 0 Å². The zero-order valence-corrected chi connectivity index (χ0v) is 17.2. The van der Waals surface area contributed by atoms with E-state index in [0.717, 1.165) is 11.8 Å². The number of benzene rings is 2. The Bertz CT molecular complexity index is 1030. The number of hydrogen-bond acceptors (Lipinski definition) is 6. The van der Waals surface area contributed by atoms with Crippen LogP contribution in [0.1, 0.15) is 22.3 Å². The molecular formula is C20H22N2O6S. The standard InChI is InChI=1S/C20H22N2O6S/c1-13-4-9-17-16(12-13)22(29(3,25)26)11-10-18(28-17)19(23)21-15-7-5-14(6-8-15)20(24)27-2/h4-9,12,18H,10-11H2,1-3H3,(H,21,23). The number of hydrogen-bond donors (Lipinski definition) is 1. The Morgan fingerprint density at radius 1 is 1.17 bits per heavy atom. The van der Waals surface area contributed by atoms with E-state index >= 15 is 0 Å². The molecule has 0 aromatic heterocycles. The fourth-order valence-corrected chi connectivity index (χ4v) is 3.99. The van der Waals surface area contributed by atoms with Crippen molar-refractivity contribution in [3.8, 4) is 5.75 Å². The summed E-state index contributed by atoms with van der Waals surface area (Å²) in [5.41, 5.74) is 2.16. The van der Waals surface area contributed by atoms with Crippen LogP contribution in [0.5, 0.6) is 5.75 Å². The number of rotatable bonds is 4. The lowest BCUT2D eigenvalue weighted by molar-refractivity contribution is -0.122. The summed E-state index contributed by atoms with van der Waals surface area (Å²) in [7, 11) is -2.23. The first-order valence-corrected chi connectivity index (χ1v) is 10.8. The van der Waals surface area contributed by atoms with Crippen molar-refractivity contribution in [2.24, 2.45) is 0 Å². The molecule has 1 unspecified atom stereocenters. The second-order valence-electron chi connectivity index (χ2n) is 6.76. The van der Waals surface area contributed by atoms with E-state index in [0.29, 0.717) is 22.7 Å². The highest BCUT2D eigenvalue weighted by molar-refractivity contribution is 7.92. The third kappa shape index (κ3) is 4.68. The molecular weight excluding hydrogens is 396 g/mol. The molecule has 0 saturated heterocycles. The Hall–Kier alpha value is -3.07. The molecule has 9 heteroatoms. The highest BCUT2D eigenvalue weighted by Gasteiger charge is 2.31. The van der Waals surface area contributed by atoms with E-state index in [-0.39, 0.29) is 13.0 Å². The third-order valence-electron chi connectivity index (χ3n) is 4.51. The van der Waals surface area contributed by atoms with Crippen LogP contribution in [0.15, 0.2) is 42.5 Å². The number of carbonyl (C=O) groups excluding carboxylic acids is 2. The highest BCUT2D eigenvalue weighted by atomic mass is 32.2. The summed E-state index contributed by atoms with van der Waals surface area (Å²) in [5.74, 6) is -0.542. The summed E-state index contributed by atoms with van der Waals surface area (Å²) in [6, 6.07) is 11.4. The van der Waals surface area contributed by atoms with Gasteiger partial charge in [-0.2, -0.15) is 0 Å². The number of sulfonamides is 1. The first-order valence-electron chi connectivity index (χ1n) is 8.93. The molecule has 1 atom stereocenters. The monoisotopic (exact) mass is 418 g/mol. The van der Waals surface area contributed by atoms with E-state index < -0.39 is 28.0 Å². The van der Waals surface area contributed by atoms with Crippen LogP contribution in [0.2, 0.25) is 0 Å². The summed E-state index contributed by atoms with van der Waals surface area (Å²) in [5, 5.41) is 2.74. The van der Waals surface area contributed by atoms with Gasteiger partial charge < -0.3 is 14.8 Å². The van der Waals surface area contributed by atoms with Gasteiger partial charge in [-0.05, 0) is 48.9 Å². The summed E-state index contributed by atoms with van der Waals surface area (Å²) in [4.78, 5) is 24.2. The number of carbonyl (C=O) groups is 2. The molecule has 1 amide bonds. The van der Waals surface area contributed by atoms with Crippen LogP contribution in [-0.2, 0) is 19.6 Å². The largest absolute Gasteiger partial charge is 0.478 e. The molecule has 8 nitrogen and oxygen atoms in total. The zero-order valence-electron chi connectivity index (χ0n) is 16.3. The number of nitrogens with one attached hydrogen (secondary N) is 1. The quantitative estimate of drug-likeness (QED) is 0.765. The fraction of sp³-hybridized carbons (Fsp3) is 0.300. The predicted octanol–water partition coefficient (Wildman–Crippen LogP) is 2.34. The lowest BCUT2D eigenvalue weighted by Crippen LogP contribution is -2.36. The van der Waals surface area contributed by atoms with Gasteiger partial charge in [-0.25, -0.2) is 13.2 Å². The molecule has 2 aromatic rings. The minimum absolute atomic E-state index is 0.120. The van der Waals surface area contributed by atoms with E-state index in [1.54, 1.807) is 42.5 Å². The molecule has 0 radical (unpaired) electrons. The van der Waals surface area contributed by atoms with Gasteiger partial charge in [0.2, 0.25) is 10.0 Å². The van der Waals surface area contributed by atoms with Gasteiger partial charge >= 0.3 is 5.97 Å². The first-order chi connectivity index (χ1) is 13.7. The Balaban J connectivity index is 1.80. The molecule has 0 aliphatic carbocycles. The van der Waals surface area contributed by atoms with Gasteiger partial charge in [0.1, 0.15) is 5.75 Å². The molecule has 3 rings (SSSR count). The summed E-state index contributed by atoms with van der Waals surface area (Å²) in [6.07, 6.45) is 0.443. The van der Waals surface area contributed by atoms with Crippen molar-refractivity contribution < 1.29 is 27.5 Å². The van der Waals surface area contributed by atoms with Crippen molar-refractivity contribution >= 4 is 33.3 Å². The van der Waals surface area contributed by atoms with Crippen molar-refractivity contribution in [3.05, 3.63) is 53.6 Å². The first kappa shape index (κ1) is 20.7. The van der Waals surface area contributed by atoms with Crippen molar-refractivity contribution in [1.82, 2.24) is 0 Å². The van der Waals surface area contributed by atoms with Gasteiger partial charge in [0.25, 0.3) is 5.91 Å². The normalized spacial score (nSPS) is 16.2. The van der Waals surface area contributed by atoms with Gasteiger partial charge in [-0.3, -0.25) is 9.10 Å². The molecule has 154 valence electrons. The maximum absolute atomic E-state index is 12.7. The minimum atomic E-state index is -3.53. The summed E-state index contributed by atoms with van der Waals surface area (Å²) < 4.78 is 36.2. The number of nitrogens with zero attached hydrogens (tertiary/aromatic N) is 1. The van der Waals surface area contributed by atoms with Crippen molar-refractivity contribution in [2.45, 2.75) is 19.4 Å². The van der Waals surface area contributed by atoms with Gasteiger partial charge in [0, 0.05) is 18.7 Å². The number of esters is 1. The van der Waals surface area contributed by atoms with Crippen LogP contribution < -0.4 is 14.4 Å². The second-order valence-corrected chi connectivity index (χ2v) is 8.67. The lowest BCUT2D eigenvalue weighted by atomic mass is 10.2. The van der Waals surface area contributed by atoms with E-state index in [4.69, 9.17) is 4.74 Å². The van der Waals surface area contributed by atoms with E-state index in [1.165, 1.54) is 11.4 Å². The van der Waals surface area contributed by atoms with Gasteiger partial charge in [-0.15, -0.1) is 0 Å². The predicted molar refractivity (Wildman–Crippen MR) is 109 cm³/mol. The summed E-state index contributed by atoms with van der Waals surface area (Å²) >= 11 is 0. The number of methoxy groups -OCH3 is 1. The molecule has 1 aliphatic heterocycles. The Kier molecular flexibility index (Phi) is 5.78. The fourth-order valence-electron chi connectivity index (χ4n) is 3.05. The number of aryl methyl sites for hydroxylation is 1. The van der Waals surface area contributed by atoms with Crippen LogP contribution in [0.25, 0.3) is 0 Å². The molecule has 1 heterocycles. The van der Waals surface area contributed by atoms with Gasteiger partial charge in [-0.1, -0.05) is 6.07 Å². The van der Waals surface area contributed by atoms with Crippen LogP contribution >= 0.6 is 0 Å². The molecule has 2 aromatic carbocycles.